The minimum absolute atomic E-state index is 0.318. The number of hydrogen-bond donors (Lipinski definition) is 0. The smallest absolute Gasteiger partial charge is 0.243 e. The van der Waals surface area contributed by atoms with Crippen LogP contribution in [0, 0.1) is 0 Å². The van der Waals surface area contributed by atoms with Crippen molar-refractivity contribution in [3.05, 3.63) is 46.2 Å². The molecule has 0 saturated carbocycles. The molecule has 0 aliphatic carbocycles. The second-order valence-corrected chi connectivity index (χ2v) is 7.57. The molecule has 20 heavy (non-hydrogen) atoms. The van der Waals surface area contributed by atoms with Gasteiger partial charge in [-0.2, -0.15) is 4.31 Å². The normalized spacial score (nSPS) is 15.8. The van der Waals surface area contributed by atoms with Crippen LogP contribution < -0.4 is 4.74 Å². The number of ether oxygens (including phenoxy) is 1. The summed E-state index contributed by atoms with van der Waals surface area (Å²) >= 11 is 1.62. The fourth-order valence-corrected chi connectivity index (χ4v) is 4.75. The van der Waals surface area contributed by atoms with Crippen LogP contribution in [0.15, 0.2) is 40.6 Å². The first-order valence-corrected chi connectivity index (χ1v) is 8.62. The van der Waals surface area contributed by atoms with Crippen LogP contribution in [-0.2, 0) is 23.0 Å². The Hall–Kier alpha value is -1.37. The molecule has 0 bridgehead atoms. The Morgan fingerprint density at radius 2 is 1.95 bits per heavy atom. The highest BCUT2D eigenvalue weighted by Crippen LogP contribution is 2.28. The van der Waals surface area contributed by atoms with E-state index in [1.54, 1.807) is 47.0 Å². The van der Waals surface area contributed by atoms with Gasteiger partial charge in [-0.1, -0.05) is 0 Å². The van der Waals surface area contributed by atoms with Crippen molar-refractivity contribution in [1.82, 2.24) is 4.31 Å². The minimum atomic E-state index is -3.42. The Kier molecular flexibility index (Phi) is 3.54. The number of methoxy groups -OCH3 is 1. The molecule has 1 aliphatic rings. The van der Waals surface area contributed by atoms with E-state index in [0.29, 0.717) is 23.7 Å². The number of benzene rings is 1. The lowest BCUT2D eigenvalue weighted by molar-refractivity contribution is 0.395. The second kappa shape index (κ2) is 5.20. The van der Waals surface area contributed by atoms with Crippen molar-refractivity contribution in [1.29, 1.82) is 0 Å². The average molecular weight is 309 g/mol. The molecule has 0 fully saturated rings. The van der Waals surface area contributed by atoms with Crippen LogP contribution in [0.1, 0.15) is 10.4 Å². The lowest BCUT2D eigenvalue weighted by Gasteiger charge is -2.26. The Balaban J connectivity index is 1.88. The molecule has 1 aromatic carbocycles. The molecule has 1 aromatic heterocycles. The van der Waals surface area contributed by atoms with Crippen molar-refractivity contribution >= 4 is 21.4 Å². The summed E-state index contributed by atoms with van der Waals surface area (Å²) in [6.45, 7) is 1.01. The van der Waals surface area contributed by atoms with Gasteiger partial charge in [0.25, 0.3) is 0 Å². The fourth-order valence-electron chi connectivity index (χ4n) is 2.31. The molecular weight excluding hydrogens is 294 g/mol. The molecule has 0 unspecified atom stereocenters. The summed E-state index contributed by atoms with van der Waals surface area (Å²) in [5, 5.41) is 2.02. The first-order chi connectivity index (χ1) is 9.61. The number of thiophene rings is 1. The minimum Gasteiger partial charge on any atom is -0.497 e. The standard InChI is InChI=1S/C14H15NO3S2/c1-18-12-2-4-13(5-3-12)20(16,17)15-8-6-11-7-9-19-14(11)10-15/h2-5,7,9H,6,8,10H2,1H3. The summed E-state index contributed by atoms with van der Waals surface area (Å²) in [7, 11) is -1.86. The first kappa shape index (κ1) is 13.6. The summed E-state index contributed by atoms with van der Waals surface area (Å²) in [4.78, 5) is 1.46. The zero-order chi connectivity index (χ0) is 14.2. The van der Waals surface area contributed by atoms with E-state index in [2.05, 4.69) is 6.07 Å². The maximum atomic E-state index is 12.6. The molecule has 2 aromatic rings. The lowest BCUT2D eigenvalue weighted by atomic mass is 10.1. The number of sulfonamides is 1. The molecule has 0 N–H and O–H groups in total. The molecule has 2 heterocycles. The first-order valence-electron chi connectivity index (χ1n) is 6.31. The molecule has 3 rings (SSSR count). The molecule has 0 spiro atoms. The van der Waals surface area contributed by atoms with E-state index in [0.717, 1.165) is 11.3 Å². The summed E-state index contributed by atoms with van der Waals surface area (Å²) in [5.41, 5.74) is 1.27. The molecule has 0 saturated heterocycles. The summed E-state index contributed by atoms with van der Waals surface area (Å²) in [5.74, 6) is 0.656. The van der Waals surface area contributed by atoms with E-state index in [1.165, 1.54) is 5.56 Å². The van der Waals surface area contributed by atoms with Crippen LogP contribution >= 0.6 is 11.3 Å². The van der Waals surface area contributed by atoms with Gasteiger partial charge in [0, 0.05) is 18.0 Å². The van der Waals surface area contributed by atoms with E-state index in [4.69, 9.17) is 4.74 Å². The predicted molar refractivity (Wildman–Crippen MR) is 78.6 cm³/mol. The van der Waals surface area contributed by atoms with Crippen molar-refractivity contribution in [3.63, 3.8) is 0 Å². The molecule has 6 heteroatoms. The molecule has 0 radical (unpaired) electrons. The Bertz CT molecular complexity index is 704. The lowest BCUT2D eigenvalue weighted by Crippen LogP contribution is -2.35. The zero-order valence-electron chi connectivity index (χ0n) is 11.1. The van der Waals surface area contributed by atoms with E-state index in [9.17, 15) is 8.42 Å². The van der Waals surface area contributed by atoms with Crippen molar-refractivity contribution in [2.24, 2.45) is 0 Å². The van der Waals surface area contributed by atoms with Crippen LogP contribution in [0.3, 0.4) is 0 Å². The van der Waals surface area contributed by atoms with Gasteiger partial charge < -0.3 is 4.74 Å². The Morgan fingerprint density at radius 1 is 1.20 bits per heavy atom. The van der Waals surface area contributed by atoms with E-state index in [-0.39, 0.29) is 0 Å². The third-order valence-electron chi connectivity index (χ3n) is 3.49. The van der Waals surface area contributed by atoms with Crippen LogP contribution in [0.2, 0.25) is 0 Å². The van der Waals surface area contributed by atoms with Crippen molar-refractivity contribution < 1.29 is 13.2 Å². The van der Waals surface area contributed by atoms with Crippen LogP contribution in [0.5, 0.6) is 5.75 Å². The molecule has 1 aliphatic heterocycles. The van der Waals surface area contributed by atoms with E-state index >= 15 is 0 Å². The fraction of sp³-hybridized carbons (Fsp3) is 0.286. The number of nitrogens with zero attached hydrogens (tertiary/aromatic N) is 1. The second-order valence-electron chi connectivity index (χ2n) is 4.63. The molecule has 0 amide bonds. The maximum absolute atomic E-state index is 12.6. The van der Waals surface area contributed by atoms with Gasteiger partial charge in [0.15, 0.2) is 0 Å². The number of rotatable bonds is 3. The van der Waals surface area contributed by atoms with Gasteiger partial charge in [-0.05, 0) is 47.7 Å². The van der Waals surface area contributed by atoms with Gasteiger partial charge in [0.05, 0.1) is 12.0 Å². The Morgan fingerprint density at radius 3 is 2.65 bits per heavy atom. The van der Waals surface area contributed by atoms with Gasteiger partial charge in [0.2, 0.25) is 10.0 Å². The molecule has 106 valence electrons. The van der Waals surface area contributed by atoms with Crippen molar-refractivity contribution in [2.75, 3.05) is 13.7 Å². The third kappa shape index (κ3) is 2.34. The predicted octanol–water partition coefficient (Wildman–Crippen LogP) is 2.50. The number of hydrogen-bond acceptors (Lipinski definition) is 4. The summed E-state index contributed by atoms with van der Waals surface area (Å²) in [6, 6.07) is 8.62. The van der Waals surface area contributed by atoms with Gasteiger partial charge in [0.1, 0.15) is 5.75 Å². The van der Waals surface area contributed by atoms with E-state index < -0.39 is 10.0 Å². The quantitative estimate of drug-likeness (QED) is 0.875. The average Bonchev–Trinajstić information content (AvgIpc) is 2.94. The topological polar surface area (TPSA) is 46.6 Å². The SMILES string of the molecule is COc1ccc(S(=O)(=O)N2CCc3ccsc3C2)cc1. The monoisotopic (exact) mass is 309 g/mol. The highest BCUT2D eigenvalue weighted by molar-refractivity contribution is 7.89. The van der Waals surface area contributed by atoms with Crippen LogP contribution in [0.4, 0.5) is 0 Å². The van der Waals surface area contributed by atoms with Gasteiger partial charge >= 0.3 is 0 Å². The summed E-state index contributed by atoms with van der Waals surface area (Å²) < 4.78 is 31.8. The van der Waals surface area contributed by atoms with Gasteiger partial charge in [-0.15, -0.1) is 11.3 Å². The molecule has 4 nitrogen and oxygen atoms in total. The van der Waals surface area contributed by atoms with Crippen molar-refractivity contribution in [2.45, 2.75) is 17.9 Å². The van der Waals surface area contributed by atoms with Crippen molar-refractivity contribution in [3.8, 4) is 5.75 Å². The van der Waals surface area contributed by atoms with Crippen LogP contribution in [0.25, 0.3) is 0 Å². The molecule has 0 atom stereocenters. The molecular formula is C14H15NO3S2. The summed E-state index contributed by atoms with van der Waals surface area (Å²) in [6.07, 6.45) is 0.786. The van der Waals surface area contributed by atoms with E-state index in [1.807, 2.05) is 5.38 Å². The number of fused-ring (bicyclic) bond motifs is 1. The highest BCUT2D eigenvalue weighted by atomic mass is 32.2. The van der Waals surface area contributed by atoms with Gasteiger partial charge in [-0.25, -0.2) is 8.42 Å². The van der Waals surface area contributed by atoms with Gasteiger partial charge in [-0.3, -0.25) is 0 Å². The Labute approximate surface area is 122 Å². The van der Waals surface area contributed by atoms with Crippen LogP contribution in [-0.4, -0.2) is 26.4 Å². The third-order valence-corrected chi connectivity index (χ3v) is 6.29. The zero-order valence-corrected chi connectivity index (χ0v) is 12.7. The largest absolute Gasteiger partial charge is 0.497 e. The highest BCUT2D eigenvalue weighted by Gasteiger charge is 2.28. The maximum Gasteiger partial charge on any atom is 0.243 e.